The van der Waals surface area contributed by atoms with Crippen molar-refractivity contribution < 1.29 is 24.5 Å². The normalized spacial score (nSPS) is 12.9. The molecule has 1 rings (SSSR count). The van der Waals surface area contributed by atoms with Crippen molar-refractivity contribution in [2.24, 2.45) is 0 Å². The minimum atomic E-state index is -3.06. The molecule has 0 heterocycles. The second-order valence-corrected chi connectivity index (χ2v) is 3.11. The molecule has 0 aliphatic carbocycles. The summed E-state index contributed by atoms with van der Waals surface area (Å²) in [4.78, 5) is 10.4. The summed E-state index contributed by atoms with van der Waals surface area (Å²) in [6, 6.07) is 3.98. The maximum Gasteiger partial charge on any atom is 0.233 e. The van der Waals surface area contributed by atoms with E-state index in [1.165, 1.54) is 6.07 Å². The first kappa shape index (κ1) is 12.3. The van der Waals surface area contributed by atoms with Crippen LogP contribution in [0.2, 0.25) is 0 Å². The summed E-state index contributed by atoms with van der Waals surface area (Å²) >= 11 is 0. The number of aliphatic hydroxyl groups excluding tert-OH is 1. The summed E-state index contributed by atoms with van der Waals surface area (Å²) in [5.41, 5.74) is -0.736. The highest BCUT2D eigenvalue weighted by molar-refractivity contribution is 5.75. The highest BCUT2D eigenvalue weighted by Gasteiger charge is 2.38. The van der Waals surface area contributed by atoms with E-state index in [-0.39, 0.29) is 5.56 Å². The second kappa shape index (κ2) is 4.37. The summed E-state index contributed by atoms with van der Waals surface area (Å²) in [7, 11) is 0. The fourth-order valence-electron chi connectivity index (χ4n) is 1.14. The van der Waals surface area contributed by atoms with E-state index in [1.54, 1.807) is 0 Å². The molecule has 0 amide bonds. The van der Waals surface area contributed by atoms with Crippen molar-refractivity contribution in [1.82, 2.24) is 0 Å². The van der Waals surface area contributed by atoms with Crippen LogP contribution in [-0.2, 0) is 5.79 Å². The van der Waals surface area contributed by atoms with Gasteiger partial charge in [-0.1, -0.05) is 0 Å². The summed E-state index contributed by atoms with van der Waals surface area (Å²) in [5, 5.41) is 36.1. The van der Waals surface area contributed by atoms with Crippen molar-refractivity contribution in [2.75, 3.05) is 0 Å². The number of nitriles is 1. The molecule has 1 atom stereocenters. The van der Waals surface area contributed by atoms with Crippen LogP contribution in [0.25, 0.3) is 0 Å². The number of aliphatic hydroxyl groups is 3. The number of benzene rings is 1. The number of aldehydes is 1. The Kier molecular flexibility index (Phi) is 3.34. The van der Waals surface area contributed by atoms with Crippen molar-refractivity contribution in [1.29, 1.82) is 5.26 Å². The lowest BCUT2D eigenvalue weighted by Crippen LogP contribution is -2.39. The molecule has 0 fully saturated rings. The lowest BCUT2D eigenvalue weighted by molar-refractivity contribution is -0.219. The van der Waals surface area contributed by atoms with Crippen LogP contribution in [-0.4, -0.2) is 27.7 Å². The Labute approximate surface area is 90.0 Å². The van der Waals surface area contributed by atoms with Gasteiger partial charge in [0.1, 0.15) is 18.2 Å². The van der Waals surface area contributed by atoms with E-state index in [4.69, 9.17) is 10.4 Å². The number of hydrogen-bond donors (Lipinski definition) is 3. The molecule has 0 saturated heterocycles. The largest absolute Gasteiger partial charge is 0.373 e. The molecule has 3 N–H and O–H groups in total. The summed E-state index contributed by atoms with van der Waals surface area (Å²) in [6.45, 7) is 0. The molecule has 84 valence electrons. The maximum atomic E-state index is 13.2. The average molecular weight is 225 g/mol. The number of carbonyl (C=O) groups is 1. The van der Waals surface area contributed by atoms with E-state index < -0.39 is 23.3 Å². The minimum absolute atomic E-state index is 0.00554. The van der Waals surface area contributed by atoms with Gasteiger partial charge in [0.25, 0.3) is 0 Å². The standard InChI is InChI=1S/C10H8FNO4/c11-8-2-1-6(5-13)3-7(8)10(15,16)9(14)4-12/h1-3,5,9,14-16H. The van der Waals surface area contributed by atoms with Crippen LogP contribution in [0.1, 0.15) is 15.9 Å². The molecular formula is C10H8FNO4. The smallest absolute Gasteiger partial charge is 0.233 e. The van der Waals surface area contributed by atoms with E-state index >= 15 is 0 Å². The monoisotopic (exact) mass is 225 g/mol. The van der Waals surface area contributed by atoms with Gasteiger partial charge in [-0.05, 0) is 18.2 Å². The van der Waals surface area contributed by atoms with Gasteiger partial charge in [-0.2, -0.15) is 5.26 Å². The Morgan fingerprint density at radius 3 is 2.62 bits per heavy atom. The van der Waals surface area contributed by atoms with Crippen LogP contribution in [0, 0.1) is 17.1 Å². The fourth-order valence-corrected chi connectivity index (χ4v) is 1.14. The van der Waals surface area contributed by atoms with Crippen LogP contribution >= 0.6 is 0 Å². The molecule has 0 saturated carbocycles. The summed E-state index contributed by atoms with van der Waals surface area (Å²) in [5.74, 6) is -4.09. The molecule has 0 aliphatic heterocycles. The van der Waals surface area contributed by atoms with Crippen LogP contribution in [0.3, 0.4) is 0 Å². The number of nitrogens with zero attached hydrogens (tertiary/aromatic N) is 1. The van der Waals surface area contributed by atoms with E-state index in [2.05, 4.69) is 0 Å². The van der Waals surface area contributed by atoms with E-state index in [1.807, 2.05) is 0 Å². The molecule has 6 heteroatoms. The Hall–Kier alpha value is -1.81. The molecule has 1 aromatic carbocycles. The van der Waals surface area contributed by atoms with Crippen LogP contribution < -0.4 is 0 Å². The third-order valence-corrected chi connectivity index (χ3v) is 2.03. The first-order valence-electron chi connectivity index (χ1n) is 4.21. The molecule has 1 aromatic rings. The van der Waals surface area contributed by atoms with Gasteiger partial charge in [0.2, 0.25) is 5.79 Å². The Bertz CT molecular complexity index is 453. The van der Waals surface area contributed by atoms with Crippen LogP contribution in [0.4, 0.5) is 4.39 Å². The lowest BCUT2D eigenvalue weighted by atomic mass is 9.98. The Morgan fingerprint density at radius 1 is 1.50 bits per heavy atom. The second-order valence-electron chi connectivity index (χ2n) is 3.11. The number of rotatable bonds is 3. The van der Waals surface area contributed by atoms with Gasteiger partial charge < -0.3 is 15.3 Å². The molecular weight excluding hydrogens is 217 g/mol. The first-order valence-corrected chi connectivity index (χ1v) is 4.21. The van der Waals surface area contributed by atoms with Crippen LogP contribution in [0.5, 0.6) is 0 Å². The number of hydrogen-bond acceptors (Lipinski definition) is 5. The quantitative estimate of drug-likeness (QED) is 0.371. The van der Waals surface area contributed by atoms with Gasteiger partial charge in [0.15, 0.2) is 6.10 Å². The predicted molar refractivity (Wildman–Crippen MR) is 49.5 cm³/mol. The molecule has 0 aliphatic rings. The molecule has 16 heavy (non-hydrogen) atoms. The molecule has 0 spiro atoms. The third kappa shape index (κ3) is 2.06. The Balaban J connectivity index is 3.32. The van der Waals surface area contributed by atoms with Gasteiger partial charge in [-0.15, -0.1) is 0 Å². The summed E-state index contributed by atoms with van der Waals surface area (Å²) in [6.07, 6.45) is -1.85. The zero-order valence-electron chi connectivity index (χ0n) is 7.96. The number of carbonyl (C=O) groups excluding carboxylic acids is 1. The summed E-state index contributed by atoms with van der Waals surface area (Å²) < 4.78 is 13.2. The SMILES string of the molecule is N#CC(O)C(O)(O)c1cc(C=O)ccc1F. The minimum Gasteiger partial charge on any atom is -0.373 e. The Morgan fingerprint density at radius 2 is 2.12 bits per heavy atom. The molecule has 0 bridgehead atoms. The fraction of sp³-hybridized carbons (Fsp3) is 0.200. The van der Waals surface area contributed by atoms with Gasteiger partial charge >= 0.3 is 0 Å². The number of halogens is 1. The van der Waals surface area contributed by atoms with Gasteiger partial charge in [-0.25, -0.2) is 4.39 Å². The molecule has 5 nitrogen and oxygen atoms in total. The molecule has 0 radical (unpaired) electrons. The van der Waals surface area contributed by atoms with E-state index in [9.17, 15) is 19.4 Å². The van der Waals surface area contributed by atoms with Gasteiger partial charge in [0.05, 0.1) is 5.56 Å². The van der Waals surface area contributed by atoms with Crippen molar-refractivity contribution in [3.8, 4) is 6.07 Å². The topological polar surface area (TPSA) is 102 Å². The van der Waals surface area contributed by atoms with E-state index in [0.29, 0.717) is 6.29 Å². The van der Waals surface area contributed by atoms with Gasteiger partial charge in [-0.3, -0.25) is 4.79 Å². The maximum absolute atomic E-state index is 13.2. The van der Waals surface area contributed by atoms with Crippen molar-refractivity contribution >= 4 is 6.29 Å². The zero-order chi connectivity index (χ0) is 12.3. The highest BCUT2D eigenvalue weighted by Crippen LogP contribution is 2.25. The van der Waals surface area contributed by atoms with Crippen LogP contribution in [0.15, 0.2) is 18.2 Å². The zero-order valence-corrected chi connectivity index (χ0v) is 7.96. The lowest BCUT2D eigenvalue weighted by Gasteiger charge is -2.23. The van der Waals surface area contributed by atoms with E-state index in [0.717, 1.165) is 18.2 Å². The third-order valence-electron chi connectivity index (χ3n) is 2.03. The average Bonchev–Trinajstić information content (AvgIpc) is 2.28. The van der Waals surface area contributed by atoms with Crippen molar-refractivity contribution in [3.63, 3.8) is 0 Å². The molecule has 0 aromatic heterocycles. The predicted octanol–water partition coefficient (Wildman–Crippen LogP) is -0.340. The van der Waals surface area contributed by atoms with Gasteiger partial charge in [0, 0.05) is 5.56 Å². The first-order chi connectivity index (χ1) is 7.43. The highest BCUT2D eigenvalue weighted by atomic mass is 19.1. The van der Waals surface area contributed by atoms with Crippen molar-refractivity contribution in [3.05, 3.63) is 35.1 Å². The van der Waals surface area contributed by atoms with Crippen molar-refractivity contribution in [2.45, 2.75) is 11.9 Å². The molecule has 1 unspecified atom stereocenters.